The Labute approximate surface area is 216 Å². The number of sulfone groups is 1. The summed E-state index contributed by atoms with van der Waals surface area (Å²) >= 11 is 0. The third kappa shape index (κ3) is 5.16. The number of carbonyl (C=O) groups excluding carboxylic acids is 1. The fourth-order valence-electron chi connectivity index (χ4n) is 5.55. The zero-order valence-electron chi connectivity index (χ0n) is 21.3. The molecule has 2 aliphatic heterocycles. The number of rotatable bonds is 6. The number of amides is 1. The molecule has 2 heterocycles. The van der Waals surface area contributed by atoms with Crippen molar-refractivity contribution in [2.75, 3.05) is 33.9 Å². The van der Waals surface area contributed by atoms with Gasteiger partial charge in [-0.1, -0.05) is 30.3 Å². The van der Waals surface area contributed by atoms with Crippen molar-refractivity contribution < 1.29 is 31.8 Å². The smallest absolute Gasteiger partial charge is 0.251 e. The number of benzene rings is 2. The summed E-state index contributed by atoms with van der Waals surface area (Å²) in [7, 11) is -0.755. The Bertz CT molecular complexity index is 1230. The van der Waals surface area contributed by atoms with Crippen molar-refractivity contribution >= 4 is 15.7 Å². The fourth-order valence-corrected chi connectivity index (χ4v) is 7.92. The summed E-state index contributed by atoms with van der Waals surface area (Å²) in [6.07, 6.45) is -1.51. The maximum Gasteiger partial charge on any atom is 0.251 e. The van der Waals surface area contributed by atoms with E-state index < -0.39 is 55.4 Å². The van der Waals surface area contributed by atoms with Crippen LogP contribution in [0.4, 0.5) is 8.78 Å². The second-order valence-corrected chi connectivity index (χ2v) is 12.6. The minimum absolute atomic E-state index is 0.0622. The zero-order valence-corrected chi connectivity index (χ0v) is 22.1. The van der Waals surface area contributed by atoms with E-state index in [1.807, 2.05) is 0 Å². The minimum atomic E-state index is -3.73. The van der Waals surface area contributed by atoms with Gasteiger partial charge in [0.15, 0.2) is 9.84 Å². The first-order valence-corrected chi connectivity index (χ1v) is 14.1. The first-order valence-electron chi connectivity index (χ1n) is 12.5. The Hall–Kier alpha value is -2.40. The van der Waals surface area contributed by atoms with Gasteiger partial charge in [0.25, 0.3) is 5.91 Å². The Morgan fingerprint density at radius 3 is 2.43 bits per heavy atom. The summed E-state index contributed by atoms with van der Waals surface area (Å²) in [5, 5.41) is 12.4. The molecule has 1 amide bonds. The van der Waals surface area contributed by atoms with Crippen molar-refractivity contribution in [2.45, 2.75) is 54.2 Å². The van der Waals surface area contributed by atoms with Crippen molar-refractivity contribution in [3.8, 4) is 0 Å². The molecule has 0 saturated carbocycles. The van der Waals surface area contributed by atoms with Crippen LogP contribution in [0.25, 0.3) is 0 Å². The molecule has 0 radical (unpaired) electrons. The van der Waals surface area contributed by atoms with Crippen LogP contribution in [0.3, 0.4) is 0 Å². The average Bonchev–Trinajstić information content (AvgIpc) is 2.88. The topological polar surface area (TPSA) is 95.9 Å². The highest BCUT2D eigenvalue weighted by Crippen LogP contribution is 2.41. The highest BCUT2D eigenvalue weighted by Gasteiger charge is 2.48. The van der Waals surface area contributed by atoms with E-state index in [1.165, 1.54) is 19.0 Å². The average molecular weight is 537 g/mol. The third-order valence-corrected chi connectivity index (χ3v) is 10.5. The zero-order chi connectivity index (χ0) is 27.0. The van der Waals surface area contributed by atoms with Gasteiger partial charge in [-0.2, -0.15) is 0 Å². The normalized spacial score (nSPS) is 25.8. The molecule has 4 atom stereocenters. The van der Waals surface area contributed by atoms with Crippen molar-refractivity contribution in [1.82, 2.24) is 10.2 Å². The van der Waals surface area contributed by atoms with Gasteiger partial charge < -0.3 is 20.1 Å². The van der Waals surface area contributed by atoms with Crippen molar-refractivity contribution in [3.05, 3.63) is 70.8 Å². The van der Waals surface area contributed by atoms with Crippen LogP contribution in [0.5, 0.6) is 0 Å². The molecule has 2 aromatic carbocycles. The first-order chi connectivity index (χ1) is 17.5. The number of ether oxygens (including phenoxy) is 1. The van der Waals surface area contributed by atoms with Gasteiger partial charge in [0, 0.05) is 50.9 Å². The molecular formula is C27H34F2N2O5S. The largest absolute Gasteiger partial charge is 0.382 e. The molecule has 2 N–H and O–H groups in total. The van der Waals surface area contributed by atoms with Gasteiger partial charge in [-0.3, -0.25) is 4.79 Å². The van der Waals surface area contributed by atoms with E-state index in [4.69, 9.17) is 4.74 Å². The fraction of sp³-hybridized carbons (Fsp3) is 0.519. The van der Waals surface area contributed by atoms with Crippen LogP contribution in [0, 0.1) is 11.6 Å². The van der Waals surface area contributed by atoms with E-state index in [-0.39, 0.29) is 50.1 Å². The molecule has 202 valence electrons. The predicted octanol–water partition coefficient (Wildman–Crippen LogP) is 2.52. The molecule has 2 saturated heterocycles. The number of nitrogens with zero attached hydrogens (tertiary/aromatic N) is 1. The summed E-state index contributed by atoms with van der Waals surface area (Å²) in [4.78, 5) is 13.9. The second-order valence-electron chi connectivity index (χ2n) is 10.3. The van der Waals surface area contributed by atoms with Gasteiger partial charge >= 0.3 is 0 Å². The third-order valence-electron chi connectivity index (χ3n) is 7.85. The molecule has 7 nitrogen and oxygen atoms in total. The molecule has 0 spiro atoms. The lowest BCUT2D eigenvalue weighted by Crippen LogP contribution is -2.53. The lowest BCUT2D eigenvalue weighted by atomic mass is 9.69. The molecule has 0 bridgehead atoms. The van der Waals surface area contributed by atoms with Gasteiger partial charge in [-0.25, -0.2) is 17.2 Å². The summed E-state index contributed by atoms with van der Waals surface area (Å²) in [6, 6.07) is 10.4. The van der Waals surface area contributed by atoms with E-state index in [0.717, 1.165) is 12.1 Å². The highest BCUT2D eigenvalue weighted by molar-refractivity contribution is 7.92. The molecule has 10 heteroatoms. The summed E-state index contributed by atoms with van der Waals surface area (Å²) in [5.41, 5.74) is -0.866. The summed E-state index contributed by atoms with van der Waals surface area (Å²) in [6.45, 7) is 2.34. The highest BCUT2D eigenvalue weighted by atomic mass is 32.2. The van der Waals surface area contributed by atoms with Crippen molar-refractivity contribution in [2.24, 2.45) is 0 Å². The molecule has 2 unspecified atom stereocenters. The first kappa shape index (κ1) is 27.6. The molecular weight excluding hydrogens is 502 g/mol. The number of hydrogen-bond acceptors (Lipinski definition) is 6. The molecule has 37 heavy (non-hydrogen) atoms. The summed E-state index contributed by atoms with van der Waals surface area (Å²) in [5.74, 6) is -2.15. The van der Waals surface area contributed by atoms with Crippen LogP contribution in [0.15, 0.2) is 42.5 Å². The predicted molar refractivity (Wildman–Crippen MR) is 136 cm³/mol. The van der Waals surface area contributed by atoms with E-state index in [0.29, 0.717) is 5.56 Å². The molecule has 0 aromatic heterocycles. The van der Waals surface area contributed by atoms with Gasteiger partial charge in [0.1, 0.15) is 17.7 Å². The number of likely N-dealkylation sites (N-methyl/N-ethyl adjacent to an activating group) is 1. The maximum absolute atomic E-state index is 15.7. The maximum atomic E-state index is 15.7. The number of nitrogens with one attached hydrogen (secondary N) is 1. The van der Waals surface area contributed by atoms with E-state index in [2.05, 4.69) is 5.32 Å². The SMILES string of the molecule is C[C@@H]1NC[C@@H](c2ccccc2)S(=O)(=O)C1Cc1cc(F)c(C2(C(O)C(=O)N(C)C)CCOCC2)cc1F. The molecule has 2 aliphatic rings. The molecule has 4 rings (SSSR count). The van der Waals surface area contributed by atoms with E-state index in [1.54, 1.807) is 37.3 Å². The van der Waals surface area contributed by atoms with Crippen molar-refractivity contribution in [3.63, 3.8) is 0 Å². The van der Waals surface area contributed by atoms with Crippen molar-refractivity contribution in [1.29, 1.82) is 0 Å². The van der Waals surface area contributed by atoms with Crippen LogP contribution < -0.4 is 5.32 Å². The molecule has 0 aliphatic carbocycles. The van der Waals surface area contributed by atoms with E-state index >= 15 is 8.78 Å². The number of carbonyl (C=O) groups is 1. The molecule has 2 aromatic rings. The van der Waals surface area contributed by atoms with Gasteiger partial charge in [0.2, 0.25) is 0 Å². The number of aliphatic hydroxyl groups is 1. The molecule has 2 fully saturated rings. The Morgan fingerprint density at radius 2 is 1.81 bits per heavy atom. The lowest BCUT2D eigenvalue weighted by Gasteiger charge is -2.41. The Balaban J connectivity index is 1.69. The monoisotopic (exact) mass is 536 g/mol. The lowest BCUT2D eigenvalue weighted by molar-refractivity contribution is -0.144. The van der Waals surface area contributed by atoms with E-state index in [9.17, 15) is 18.3 Å². The number of halogens is 2. The van der Waals surface area contributed by atoms with Gasteiger partial charge in [-0.05, 0) is 49.4 Å². The van der Waals surface area contributed by atoms with Crippen LogP contribution in [0.2, 0.25) is 0 Å². The Kier molecular flexibility index (Phi) is 8.04. The standard InChI is InChI=1S/C27H34F2N2O5S/c1-17-23(37(34,35)24(16-30-17)18-7-5-4-6-8-18)14-19-13-22(29)20(15-21(19)28)27(9-11-36-12-10-27)25(32)26(33)31(2)3/h4-8,13,15,17,23-25,30,32H,9-12,14,16H2,1-3H3/t17-,23?,24-,25?/m0/s1. The minimum Gasteiger partial charge on any atom is -0.382 e. The number of hydrogen-bond donors (Lipinski definition) is 2. The van der Waals surface area contributed by atoms with Gasteiger partial charge in [0.05, 0.1) is 10.5 Å². The van der Waals surface area contributed by atoms with Crippen LogP contribution in [0.1, 0.15) is 41.7 Å². The number of aliphatic hydroxyl groups excluding tert-OH is 1. The summed E-state index contributed by atoms with van der Waals surface area (Å²) < 4.78 is 63.7. The van der Waals surface area contributed by atoms with Crippen LogP contribution >= 0.6 is 0 Å². The van der Waals surface area contributed by atoms with Crippen LogP contribution in [-0.4, -0.2) is 75.6 Å². The quantitative estimate of drug-likeness (QED) is 0.589. The van der Waals surface area contributed by atoms with Gasteiger partial charge in [-0.15, -0.1) is 0 Å². The Morgan fingerprint density at radius 1 is 1.16 bits per heavy atom. The van der Waals surface area contributed by atoms with Crippen LogP contribution in [-0.2, 0) is 31.2 Å². The second kappa shape index (κ2) is 10.8.